The van der Waals surface area contributed by atoms with E-state index in [-0.39, 0.29) is 0 Å². The minimum absolute atomic E-state index is 0.377. The van der Waals surface area contributed by atoms with Crippen LogP contribution in [0.5, 0.6) is 0 Å². The van der Waals surface area contributed by atoms with Gasteiger partial charge in [0, 0.05) is 0 Å². The van der Waals surface area contributed by atoms with E-state index in [1.165, 1.54) is 13.8 Å². The van der Waals surface area contributed by atoms with Gasteiger partial charge in [0.15, 0.2) is 5.60 Å². The van der Waals surface area contributed by atoms with E-state index in [9.17, 15) is 4.79 Å². The van der Waals surface area contributed by atoms with Crippen molar-refractivity contribution < 1.29 is 19.7 Å². The van der Waals surface area contributed by atoms with E-state index in [1.807, 2.05) is 6.92 Å². The molecule has 0 rings (SSSR count). The lowest BCUT2D eigenvalue weighted by Crippen LogP contribution is -2.35. The summed E-state index contributed by atoms with van der Waals surface area (Å²) in [5, 5.41) is 8.32. The summed E-state index contributed by atoms with van der Waals surface area (Å²) in [6, 6.07) is 0. The standard InChI is InChI=1S/C8H16O4/c1-4-5-6-11-7(9)8(2,3)12-10/h10H,4-6H2,1-3H3. The highest BCUT2D eigenvalue weighted by Gasteiger charge is 2.30. The van der Waals surface area contributed by atoms with Gasteiger partial charge in [-0.05, 0) is 20.3 Å². The number of ether oxygens (including phenoxy) is 1. The van der Waals surface area contributed by atoms with Gasteiger partial charge in [-0.15, -0.1) is 0 Å². The summed E-state index contributed by atoms with van der Waals surface area (Å²) in [5.74, 6) is -0.543. The fourth-order valence-electron chi connectivity index (χ4n) is 0.520. The molecule has 0 amide bonds. The highest BCUT2D eigenvalue weighted by molar-refractivity contribution is 5.78. The van der Waals surface area contributed by atoms with Gasteiger partial charge >= 0.3 is 5.97 Å². The summed E-state index contributed by atoms with van der Waals surface area (Å²) >= 11 is 0. The molecule has 0 bridgehead atoms. The Morgan fingerprint density at radius 1 is 1.50 bits per heavy atom. The van der Waals surface area contributed by atoms with E-state index in [4.69, 9.17) is 9.99 Å². The molecule has 0 fully saturated rings. The molecule has 72 valence electrons. The van der Waals surface area contributed by atoms with Crippen molar-refractivity contribution in [3.8, 4) is 0 Å². The third kappa shape index (κ3) is 3.69. The minimum atomic E-state index is -1.26. The fraction of sp³-hybridized carbons (Fsp3) is 0.875. The lowest BCUT2D eigenvalue weighted by Gasteiger charge is -2.17. The fourth-order valence-corrected chi connectivity index (χ4v) is 0.520. The average Bonchev–Trinajstić information content (AvgIpc) is 2.05. The lowest BCUT2D eigenvalue weighted by atomic mass is 10.1. The highest BCUT2D eigenvalue weighted by Crippen LogP contribution is 2.09. The van der Waals surface area contributed by atoms with Crippen molar-refractivity contribution in [1.82, 2.24) is 0 Å². The molecule has 4 heteroatoms. The Morgan fingerprint density at radius 2 is 2.08 bits per heavy atom. The normalized spacial score (nSPS) is 11.3. The summed E-state index contributed by atoms with van der Waals surface area (Å²) < 4.78 is 4.81. The number of carbonyl (C=O) groups is 1. The third-order valence-electron chi connectivity index (χ3n) is 1.45. The predicted octanol–water partition coefficient (Wildman–Crippen LogP) is 1.60. The van der Waals surface area contributed by atoms with Gasteiger partial charge in [0.1, 0.15) is 0 Å². The molecular weight excluding hydrogens is 160 g/mol. The first kappa shape index (κ1) is 11.4. The van der Waals surface area contributed by atoms with Gasteiger partial charge in [-0.3, -0.25) is 5.26 Å². The Bertz CT molecular complexity index is 142. The van der Waals surface area contributed by atoms with Gasteiger partial charge in [-0.25, -0.2) is 9.68 Å². The molecule has 4 nitrogen and oxygen atoms in total. The van der Waals surface area contributed by atoms with Crippen molar-refractivity contribution >= 4 is 5.97 Å². The first-order valence-electron chi connectivity index (χ1n) is 4.04. The van der Waals surface area contributed by atoms with E-state index < -0.39 is 11.6 Å². The Hall–Kier alpha value is -0.610. The van der Waals surface area contributed by atoms with Crippen molar-refractivity contribution in [1.29, 1.82) is 0 Å². The molecule has 0 aliphatic carbocycles. The number of hydrogen-bond donors (Lipinski definition) is 1. The first-order valence-corrected chi connectivity index (χ1v) is 4.04. The van der Waals surface area contributed by atoms with E-state index >= 15 is 0 Å². The molecule has 0 saturated heterocycles. The monoisotopic (exact) mass is 176 g/mol. The Balaban J connectivity index is 3.72. The zero-order chi connectivity index (χ0) is 9.61. The SMILES string of the molecule is CCCCOC(=O)C(C)(C)OO. The zero-order valence-corrected chi connectivity index (χ0v) is 7.79. The molecule has 0 atom stereocenters. The van der Waals surface area contributed by atoms with Crippen LogP contribution in [0.1, 0.15) is 33.6 Å². The van der Waals surface area contributed by atoms with Crippen LogP contribution in [0.2, 0.25) is 0 Å². The molecule has 0 aromatic carbocycles. The van der Waals surface area contributed by atoms with E-state index in [0.717, 1.165) is 12.8 Å². The molecule has 0 aromatic heterocycles. The Kier molecular flexibility index (Phi) is 4.85. The van der Waals surface area contributed by atoms with E-state index in [0.29, 0.717) is 6.61 Å². The van der Waals surface area contributed by atoms with Crippen molar-refractivity contribution in [2.24, 2.45) is 0 Å². The van der Waals surface area contributed by atoms with Crippen LogP contribution in [0.4, 0.5) is 0 Å². The van der Waals surface area contributed by atoms with Crippen molar-refractivity contribution in [3.05, 3.63) is 0 Å². The maximum atomic E-state index is 11.1. The van der Waals surface area contributed by atoms with Crippen LogP contribution >= 0.6 is 0 Å². The second kappa shape index (κ2) is 5.11. The van der Waals surface area contributed by atoms with Gasteiger partial charge in [0.05, 0.1) is 6.61 Å². The summed E-state index contributed by atoms with van der Waals surface area (Å²) in [5.41, 5.74) is -1.26. The third-order valence-corrected chi connectivity index (χ3v) is 1.45. The average molecular weight is 176 g/mol. The molecule has 0 heterocycles. The van der Waals surface area contributed by atoms with Gasteiger partial charge in [0.2, 0.25) is 0 Å². The van der Waals surface area contributed by atoms with Gasteiger partial charge in [0.25, 0.3) is 0 Å². The van der Waals surface area contributed by atoms with Crippen molar-refractivity contribution in [2.75, 3.05) is 6.61 Å². The highest BCUT2D eigenvalue weighted by atomic mass is 17.1. The van der Waals surface area contributed by atoms with Crippen LogP contribution < -0.4 is 0 Å². The van der Waals surface area contributed by atoms with Crippen LogP contribution in [0.25, 0.3) is 0 Å². The number of rotatable bonds is 5. The molecule has 0 saturated carbocycles. The lowest BCUT2D eigenvalue weighted by molar-refractivity contribution is -0.308. The number of carbonyl (C=O) groups excluding carboxylic acids is 1. The van der Waals surface area contributed by atoms with E-state index in [2.05, 4.69) is 4.89 Å². The van der Waals surface area contributed by atoms with Gasteiger partial charge in [-0.1, -0.05) is 13.3 Å². The molecule has 0 radical (unpaired) electrons. The smallest absolute Gasteiger partial charge is 0.341 e. The molecule has 0 aliphatic rings. The maximum absolute atomic E-state index is 11.1. The number of esters is 1. The summed E-state index contributed by atoms with van der Waals surface area (Å²) in [6.07, 6.45) is 1.79. The van der Waals surface area contributed by atoms with Crippen LogP contribution in [0.3, 0.4) is 0 Å². The second-order valence-corrected chi connectivity index (χ2v) is 3.09. The largest absolute Gasteiger partial charge is 0.463 e. The first-order chi connectivity index (χ1) is 5.54. The zero-order valence-electron chi connectivity index (χ0n) is 7.79. The second-order valence-electron chi connectivity index (χ2n) is 3.09. The molecular formula is C8H16O4. The van der Waals surface area contributed by atoms with Crippen LogP contribution in [-0.2, 0) is 14.4 Å². The Labute approximate surface area is 72.4 Å². The molecule has 0 unspecified atom stereocenters. The molecule has 12 heavy (non-hydrogen) atoms. The maximum Gasteiger partial charge on any atom is 0.341 e. The minimum Gasteiger partial charge on any atom is -0.463 e. The van der Waals surface area contributed by atoms with Gasteiger partial charge < -0.3 is 4.74 Å². The predicted molar refractivity (Wildman–Crippen MR) is 43.7 cm³/mol. The van der Waals surface area contributed by atoms with Crippen molar-refractivity contribution in [2.45, 2.75) is 39.2 Å². The molecule has 0 aliphatic heterocycles. The van der Waals surface area contributed by atoms with Crippen LogP contribution in [0, 0.1) is 0 Å². The van der Waals surface area contributed by atoms with E-state index in [1.54, 1.807) is 0 Å². The van der Waals surface area contributed by atoms with Gasteiger partial charge in [-0.2, -0.15) is 0 Å². The topological polar surface area (TPSA) is 55.8 Å². The van der Waals surface area contributed by atoms with Crippen molar-refractivity contribution in [3.63, 3.8) is 0 Å². The van der Waals surface area contributed by atoms with Crippen LogP contribution in [0.15, 0.2) is 0 Å². The molecule has 0 spiro atoms. The summed E-state index contributed by atoms with van der Waals surface area (Å²) in [4.78, 5) is 15.0. The molecule has 1 N–H and O–H groups in total. The molecule has 0 aromatic rings. The Morgan fingerprint density at radius 3 is 2.50 bits per heavy atom. The quantitative estimate of drug-likeness (QED) is 0.299. The summed E-state index contributed by atoms with van der Waals surface area (Å²) in [7, 11) is 0. The van der Waals surface area contributed by atoms with Crippen LogP contribution in [-0.4, -0.2) is 23.4 Å². The number of unbranched alkanes of at least 4 members (excludes halogenated alkanes) is 1. The summed E-state index contributed by atoms with van der Waals surface area (Å²) in [6.45, 7) is 5.27. The number of hydrogen-bond acceptors (Lipinski definition) is 4.